The molecule has 0 aliphatic heterocycles. The molecule has 1 nitrogen and oxygen atoms in total. The van der Waals surface area contributed by atoms with Crippen molar-refractivity contribution in [1.29, 1.82) is 0 Å². The first-order chi connectivity index (χ1) is 4.91. The molecule has 0 unspecified atom stereocenters. The second-order valence-corrected chi connectivity index (χ2v) is 2.34. The van der Waals surface area contributed by atoms with E-state index in [1.807, 2.05) is 0 Å². The summed E-state index contributed by atoms with van der Waals surface area (Å²) in [6.45, 7) is 2.84. The van der Waals surface area contributed by atoms with Crippen LogP contribution in [0.3, 0.4) is 0 Å². The van der Waals surface area contributed by atoms with E-state index in [9.17, 15) is 0 Å². The van der Waals surface area contributed by atoms with Crippen LogP contribution in [0.4, 0.5) is 0 Å². The highest BCUT2D eigenvalue weighted by molar-refractivity contribution is 4.72. The highest BCUT2D eigenvalue weighted by Crippen LogP contribution is 1.98. The van der Waals surface area contributed by atoms with Crippen LogP contribution in [0.2, 0.25) is 0 Å². The van der Waals surface area contributed by atoms with Crippen molar-refractivity contribution in [2.75, 3.05) is 13.7 Å². The minimum absolute atomic E-state index is 0.631. The summed E-state index contributed by atoms with van der Waals surface area (Å²) in [5, 5.41) is 0. The molecule has 0 aromatic heterocycles. The molecule has 0 aliphatic carbocycles. The van der Waals surface area contributed by atoms with Gasteiger partial charge in [0.1, 0.15) is 0 Å². The first kappa shape index (κ1) is 9.70. The Hall–Kier alpha value is -0.300. The van der Waals surface area contributed by atoms with Crippen molar-refractivity contribution in [2.45, 2.75) is 32.6 Å². The molecule has 0 heterocycles. The fourth-order valence-electron chi connectivity index (χ4n) is 0.741. The van der Waals surface area contributed by atoms with Gasteiger partial charge in [-0.1, -0.05) is 25.8 Å². The Morgan fingerprint density at radius 2 is 2.20 bits per heavy atom. The third-order valence-corrected chi connectivity index (χ3v) is 1.32. The van der Waals surface area contributed by atoms with Gasteiger partial charge in [-0.3, -0.25) is 0 Å². The van der Waals surface area contributed by atoms with Gasteiger partial charge in [0.25, 0.3) is 0 Å². The molecule has 0 saturated carbocycles. The number of methoxy groups -OCH3 is 1. The zero-order valence-electron chi connectivity index (χ0n) is 7.02. The molecule has 0 aromatic carbocycles. The van der Waals surface area contributed by atoms with Crippen LogP contribution in [0.5, 0.6) is 0 Å². The summed E-state index contributed by atoms with van der Waals surface area (Å²) in [4.78, 5) is 0. The van der Waals surface area contributed by atoms with Crippen molar-refractivity contribution in [3.05, 3.63) is 12.2 Å². The minimum atomic E-state index is 0.631. The van der Waals surface area contributed by atoms with Gasteiger partial charge in [-0.15, -0.1) is 0 Å². The van der Waals surface area contributed by atoms with E-state index in [0.29, 0.717) is 6.61 Å². The Morgan fingerprint density at radius 1 is 1.40 bits per heavy atom. The van der Waals surface area contributed by atoms with Crippen molar-refractivity contribution in [2.24, 2.45) is 0 Å². The first-order valence-electron chi connectivity index (χ1n) is 3.95. The standard InChI is InChI=1S/C9H17O/c1-3-4-5-6-7-8-9-10-2/h7H,3-6,9H2,1-2H3. The van der Waals surface area contributed by atoms with Gasteiger partial charge in [-0.25, -0.2) is 0 Å². The fraction of sp³-hybridized carbons (Fsp3) is 0.778. The van der Waals surface area contributed by atoms with Gasteiger partial charge >= 0.3 is 0 Å². The van der Waals surface area contributed by atoms with E-state index in [4.69, 9.17) is 4.74 Å². The van der Waals surface area contributed by atoms with Gasteiger partial charge in [0, 0.05) is 7.11 Å². The third-order valence-electron chi connectivity index (χ3n) is 1.32. The SMILES string of the molecule is CCCCC/C=[C]/COC. The van der Waals surface area contributed by atoms with Gasteiger partial charge in [0.05, 0.1) is 6.61 Å². The number of unbranched alkanes of at least 4 members (excludes halogenated alkanes) is 3. The van der Waals surface area contributed by atoms with E-state index in [1.54, 1.807) is 7.11 Å². The number of allylic oxidation sites excluding steroid dienone is 1. The van der Waals surface area contributed by atoms with Crippen LogP contribution in [0.15, 0.2) is 6.08 Å². The van der Waals surface area contributed by atoms with E-state index in [-0.39, 0.29) is 0 Å². The van der Waals surface area contributed by atoms with Crippen LogP contribution in [-0.4, -0.2) is 13.7 Å². The quantitative estimate of drug-likeness (QED) is 0.516. The molecule has 1 radical (unpaired) electrons. The average Bonchev–Trinajstić information content (AvgIpc) is 1.97. The van der Waals surface area contributed by atoms with Crippen LogP contribution in [0, 0.1) is 6.08 Å². The topological polar surface area (TPSA) is 9.23 Å². The summed E-state index contributed by atoms with van der Waals surface area (Å²) in [6, 6.07) is 0. The van der Waals surface area contributed by atoms with Gasteiger partial charge in [-0.05, 0) is 18.9 Å². The molecular formula is C9H17O. The molecule has 0 fully saturated rings. The van der Waals surface area contributed by atoms with E-state index >= 15 is 0 Å². The van der Waals surface area contributed by atoms with E-state index in [1.165, 1.54) is 19.3 Å². The number of ether oxygens (including phenoxy) is 1. The van der Waals surface area contributed by atoms with Crippen molar-refractivity contribution < 1.29 is 4.74 Å². The molecule has 0 aliphatic rings. The molecule has 0 bridgehead atoms. The number of hydrogen-bond donors (Lipinski definition) is 0. The Labute approximate surface area is 64.1 Å². The highest BCUT2D eigenvalue weighted by Gasteiger charge is 1.80. The number of rotatable bonds is 6. The van der Waals surface area contributed by atoms with Crippen molar-refractivity contribution in [3.8, 4) is 0 Å². The van der Waals surface area contributed by atoms with Crippen LogP contribution in [0.1, 0.15) is 32.6 Å². The molecule has 0 rings (SSSR count). The van der Waals surface area contributed by atoms with Crippen LogP contribution >= 0.6 is 0 Å². The lowest BCUT2D eigenvalue weighted by molar-refractivity contribution is 0.229. The fourth-order valence-corrected chi connectivity index (χ4v) is 0.741. The molecule has 0 spiro atoms. The Balaban J connectivity index is 2.88. The Kier molecular flexibility index (Phi) is 8.44. The van der Waals surface area contributed by atoms with Gasteiger partial charge < -0.3 is 4.74 Å². The monoisotopic (exact) mass is 141 g/mol. The van der Waals surface area contributed by atoms with E-state index in [0.717, 1.165) is 6.42 Å². The molecule has 59 valence electrons. The molecule has 0 atom stereocenters. The Morgan fingerprint density at radius 3 is 2.80 bits per heavy atom. The van der Waals surface area contributed by atoms with Crippen LogP contribution in [-0.2, 0) is 4.74 Å². The predicted octanol–water partition coefficient (Wildman–Crippen LogP) is 2.57. The summed E-state index contributed by atoms with van der Waals surface area (Å²) in [7, 11) is 1.69. The molecule has 1 heteroatoms. The summed E-state index contributed by atoms with van der Waals surface area (Å²) in [6.07, 6.45) is 10.2. The summed E-state index contributed by atoms with van der Waals surface area (Å²) in [5.41, 5.74) is 0. The third kappa shape index (κ3) is 7.70. The zero-order valence-corrected chi connectivity index (χ0v) is 7.02. The smallest absolute Gasteiger partial charge is 0.0713 e. The van der Waals surface area contributed by atoms with Crippen molar-refractivity contribution >= 4 is 0 Å². The van der Waals surface area contributed by atoms with Crippen molar-refractivity contribution in [3.63, 3.8) is 0 Å². The maximum absolute atomic E-state index is 4.81. The summed E-state index contributed by atoms with van der Waals surface area (Å²) >= 11 is 0. The molecular weight excluding hydrogens is 124 g/mol. The van der Waals surface area contributed by atoms with E-state index < -0.39 is 0 Å². The molecule has 0 aromatic rings. The maximum Gasteiger partial charge on any atom is 0.0713 e. The molecule has 0 amide bonds. The van der Waals surface area contributed by atoms with Crippen LogP contribution in [0.25, 0.3) is 0 Å². The van der Waals surface area contributed by atoms with Crippen molar-refractivity contribution in [1.82, 2.24) is 0 Å². The van der Waals surface area contributed by atoms with Gasteiger partial charge in [0.2, 0.25) is 0 Å². The summed E-state index contributed by atoms with van der Waals surface area (Å²) in [5.74, 6) is 0. The highest BCUT2D eigenvalue weighted by atomic mass is 16.5. The van der Waals surface area contributed by atoms with Crippen LogP contribution < -0.4 is 0 Å². The lowest BCUT2D eigenvalue weighted by atomic mass is 10.2. The van der Waals surface area contributed by atoms with Gasteiger partial charge in [0.15, 0.2) is 0 Å². The maximum atomic E-state index is 4.81. The second-order valence-electron chi connectivity index (χ2n) is 2.34. The summed E-state index contributed by atoms with van der Waals surface area (Å²) < 4.78 is 4.81. The number of hydrogen-bond acceptors (Lipinski definition) is 1. The zero-order chi connectivity index (χ0) is 7.66. The minimum Gasteiger partial charge on any atom is -0.380 e. The molecule has 0 saturated heterocycles. The van der Waals surface area contributed by atoms with Gasteiger partial charge in [-0.2, -0.15) is 0 Å². The molecule has 10 heavy (non-hydrogen) atoms. The largest absolute Gasteiger partial charge is 0.380 e. The van der Waals surface area contributed by atoms with E-state index in [2.05, 4.69) is 19.1 Å². The lowest BCUT2D eigenvalue weighted by Crippen LogP contribution is -1.81. The first-order valence-corrected chi connectivity index (χ1v) is 3.95. The second kappa shape index (κ2) is 8.70. The Bertz CT molecular complexity index is 76.8. The molecule has 0 N–H and O–H groups in total. The normalized spacial score (nSPS) is 11.0. The lowest BCUT2D eigenvalue weighted by Gasteiger charge is -1.90. The predicted molar refractivity (Wildman–Crippen MR) is 43.8 cm³/mol. The average molecular weight is 141 g/mol.